The fraction of sp³-hybridized carbons (Fsp3) is 0.364. The Morgan fingerprint density at radius 2 is 1.79 bits per heavy atom. The summed E-state index contributed by atoms with van der Waals surface area (Å²) in [5.41, 5.74) is 2.96. The summed E-state index contributed by atoms with van der Waals surface area (Å²) >= 11 is 0. The molecule has 0 saturated carbocycles. The first-order chi connectivity index (χ1) is 13.7. The Bertz CT molecular complexity index is 877. The lowest BCUT2D eigenvalue weighted by atomic mass is 10.1. The normalized spacial score (nSPS) is 16.4. The van der Waals surface area contributed by atoms with E-state index in [1.165, 1.54) is 11.0 Å². The molecular weight excluding hydrogens is 375 g/mol. The summed E-state index contributed by atoms with van der Waals surface area (Å²) in [6, 6.07) is 12.6. The van der Waals surface area contributed by atoms with Gasteiger partial charge >= 0.3 is 6.09 Å². The number of nitrogens with one attached hydrogen (secondary N) is 1. The highest BCUT2D eigenvalue weighted by Crippen LogP contribution is 2.25. The molecule has 6 nitrogen and oxygen atoms in total. The Labute approximate surface area is 169 Å². The Kier molecular flexibility index (Phi) is 6.06. The van der Waals surface area contributed by atoms with Gasteiger partial charge in [-0.05, 0) is 57.4 Å². The van der Waals surface area contributed by atoms with Crippen LogP contribution in [0.2, 0.25) is 0 Å². The maximum atomic E-state index is 13.9. The molecule has 1 aliphatic heterocycles. The fourth-order valence-corrected chi connectivity index (χ4v) is 3.15. The van der Waals surface area contributed by atoms with Gasteiger partial charge in [-0.3, -0.25) is 9.69 Å². The quantitative estimate of drug-likeness (QED) is 0.777. The zero-order valence-corrected chi connectivity index (χ0v) is 16.8. The van der Waals surface area contributed by atoms with Gasteiger partial charge in [-0.2, -0.15) is 5.48 Å². The first kappa shape index (κ1) is 20.6. The third-order valence-electron chi connectivity index (χ3n) is 4.49. The van der Waals surface area contributed by atoms with Crippen LogP contribution in [-0.2, 0) is 9.53 Å². The molecule has 29 heavy (non-hydrogen) atoms. The Balaban J connectivity index is 1.59. The molecule has 0 bridgehead atoms. The standard InChI is InChI=1S/C22H25FN2O4/c1-22(2,3)28-21(27)25-14-6-9-19(25)20(26)24-29-16-12-10-15(11-13-16)17-7-4-5-8-18(17)23/h4-5,7-8,10-13,19H,6,9,14H2,1-3H3,(H,24,26). The summed E-state index contributed by atoms with van der Waals surface area (Å²) in [5.74, 6) is -0.315. The van der Waals surface area contributed by atoms with Crippen LogP contribution in [0.25, 0.3) is 11.1 Å². The van der Waals surface area contributed by atoms with Gasteiger partial charge in [0.1, 0.15) is 17.5 Å². The summed E-state index contributed by atoms with van der Waals surface area (Å²) in [5, 5.41) is 0. The molecule has 1 fully saturated rings. The summed E-state index contributed by atoms with van der Waals surface area (Å²) < 4.78 is 19.2. The number of halogens is 1. The summed E-state index contributed by atoms with van der Waals surface area (Å²) in [6.07, 6.45) is 0.749. The Morgan fingerprint density at radius 3 is 2.45 bits per heavy atom. The summed E-state index contributed by atoms with van der Waals surface area (Å²) in [6.45, 7) is 5.81. The number of rotatable bonds is 4. The van der Waals surface area contributed by atoms with Crippen LogP contribution in [-0.4, -0.2) is 35.1 Å². The third kappa shape index (κ3) is 5.25. The van der Waals surface area contributed by atoms with E-state index >= 15 is 0 Å². The van der Waals surface area contributed by atoms with E-state index in [2.05, 4.69) is 5.48 Å². The highest BCUT2D eigenvalue weighted by molar-refractivity contribution is 5.85. The van der Waals surface area contributed by atoms with Crippen molar-refractivity contribution in [2.24, 2.45) is 0 Å². The molecule has 2 aromatic carbocycles. The molecule has 1 saturated heterocycles. The number of likely N-dealkylation sites (tertiary alicyclic amines) is 1. The lowest BCUT2D eigenvalue weighted by molar-refractivity contribution is -0.132. The van der Waals surface area contributed by atoms with Crippen molar-refractivity contribution in [1.82, 2.24) is 10.4 Å². The summed E-state index contributed by atoms with van der Waals surface area (Å²) in [7, 11) is 0. The molecule has 1 heterocycles. The minimum absolute atomic E-state index is 0.307. The fourth-order valence-electron chi connectivity index (χ4n) is 3.15. The molecule has 154 valence electrons. The lowest BCUT2D eigenvalue weighted by Crippen LogP contribution is -2.48. The molecule has 7 heteroatoms. The van der Waals surface area contributed by atoms with Gasteiger partial charge in [-0.25, -0.2) is 9.18 Å². The minimum Gasteiger partial charge on any atom is -0.444 e. The molecule has 1 N–H and O–H groups in total. The number of hydrogen-bond donors (Lipinski definition) is 1. The van der Waals surface area contributed by atoms with Crippen LogP contribution in [0.3, 0.4) is 0 Å². The molecule has 3 rings (SSSR count). The van der Waals surface area contributed by atoms with E-state index in [0.717, 1.165) is 0 Å². The summed E-state index contributed by atoms with van der Waals surface area (Å²) in [4.78, 5) is 31.6. The predicted octanol–water partition coefficient (Wildman–Crippen LogP) is 4.30. The third-order valence-corrected chi connectivity index (χ3v) is 4.49. The second kappa shape index (κ2) is 8.51. The van der Waals surface area contributed by atoms with Crippen molar-refractivity contribution in [3.8, 4) is 16.9 Å². The first-order valence-electron chi connectivity index (χ1n) is 9.56. The van der Waals surface area contributed by atoms with E-state index in [-0.39, 0.29) is 5.82 Å². The lowest BCUT2D eigenvalue weighted by Gasteiger charge is -2.27. The topological polar surface area (TPSA) is 67.9 Å². The average Bonchev–Trinajstić information content (AvgIpc) is 3.16. The van der Waals surface area contributed by atoms with Crippen LogP contribution in [0.5, 0.6) is 5.75 Å². The van der Waals surface area contributed by atoms with Gasteiger partial charge in [-0.15, -0.1) is 0 Å². The molecule has 2 amide bonds. The largest absolute Gasteiger partial charge is 0.444 e. The maximum absolute atomic E-state index is 13.9. The number of hydroxylamine groups is 1. The highest BCUT2D eigenvalue weighted by atomic mass is 19.1. The second-order valence-electron chi connectivity index (χ2n) is 7.90. The van der Waals surface area contributed by atoms with Gasteiger partial charge in [0.2, 0.25) is 0 Å². The zero-order chi connectivity index (χ0) is 21.0. The minimum atomic E-state index is -0.637. The van der Waals surface area contributed by atoms with Crippen molar-refractivity contribution in [3.05, 3.63) is 54.3 Å². The number of benzene rings is 2. The van der Waals surface area contributed by atoms with Crippen molar-refractivity contribution in [2.45, 2.75) is 45.3 Å². The number of carbonyl (C=O) groups excluding carboxylic acids is 2. The highest BCUT2D eigenvalue weighted by Gasteiger charge is 2.36. The average molecular weight is 400 g/mol. The van der Waals surface area contributed by atoms with Crippen LogP contribution in [0.4, 0.5) is 9.18 Å². The van der Waals surface area contributed by atoms with Crippen molar-refractivity contribution in [2.75, 3.05) is 6.54 Å². The Morgan fingerprint density at radius 1 is 1.10 bits per heavy atom. The van der Waals surface area contributed by atoms with E-state index in [1.807, 2.05) is 0 Å². The van der Waals surface area contributed by atoms with E-state index in [4.69, 9.17) is 9.57 Å². The zero-order valence-electron chi connectivity index (χ0n) is 16.8. The maximum Gasteiger partial charge on any atom is 0.410 e. The smallest absolute Gasteiger partial charge is 0.410 e. The second-order valence-corrected chi connectivity index (χ2v) is 7.90. The number of hydrogen-bond acceptors (Lipinski definition) is 4. The molecule has 0 aromatic heterocycles. The molecule has 1 unspecified atom stereocenters. The van der Waals surface area contributed by atoms with Crippen molar-refractivity contribution in [3.63, 3.8) is 0 Å². The molecule has 0 aliphatic carbocycles. The molecule has 2 aromatic rings. The number of nitrogens with zero attached hydrogens (tertiary/aromatic N) is 1. The number of amides is 2. The van der Waals surface area contributed by atoms with Crippen LogP contribution in [0.1, 0.15) is 33.6 Å². The first-order valence-corrected chi connectivity index (χ1v) is 9.56. The molecule has 0 radical (unpaired) electrons. The Hall–Kier alpha value is -3.09. The van der Waals surface area contributed by atoms with E-state index < -0.39 is 23.6 Å². The predicted molar refractivity (Wildman–Crippen MR) is 107 cm³/mol. The van der Waals surface area contributed by atoms with Gasteiger partial charge in [-0.1, -0.05) is 30.3 Å². The number of carbonyl (C=O) groups is 2. The van der Waals surface area contributed by atoms with Crippen LogP contribution in [0.15, 0.2) is 48.5 Å². The number of ether oxygens (including phenoxy) is 1. The van der Waals surface area contributed by atoms with Crippen LogP contribution < -0.4 is 10.3 Å². The van der Waals surface area contributed by atoms with Crippen molar-refractivity contribution >= 4 is 12.0 Å². The SMILES string of the molecule is CC(C)(C)OC(=O)N1CCCC1C(=O)NOc1ccc(-c2ccccc2F)cc1. The van der Waals surface area contributed by atoms with E-state index in [0.29, 0.717) is 36.3 Å². The van der Waals surface area contributed by atoms with Gasteiger partial charge in [0.15, 0.2) is 5.75 Å². The van der Waals surface area contributed by atoms with Gasteiger partial charge < -0.3 is 9.57 Å². The monoisotopic (exact) mass is 400 g/mol. The van der Waals surface area contributed by atoms with Gasteiger partial charge in [0.05, 0.1) is 0 Å². The van der Waals surface area contributed by atoms with Crippen LogP contribution in [0, 0.1) is 5.82 Å². The van der Waals surface area contributed by atoms with Crippen molar-refractivity contribution < 1.29 is 23.6 Å². The molecule has 0 spiro atoms. The molecule has 1 aliphatic rings. The van der Waals surface area contributed by atoms with E-state index in [1.54, 1.807) is 63.2 Å². The van der Waals surface area contributed by atoms with E-state index in [9.17, 15) is 14.0 Å². The van der Waals surface area contributed by atoms with Gasteiger partial charge in [0.25, 0.3) is 5.91 Å². The van der Waals surface area contributed by atoms with Crippen LogP contribution >= 0.6 is 0 Å². The molecule has 1 atom stereocenters. The molecular formula is C22H25FN2O4. The van der Waals surface area contributed by atoms with Crippen molar-refractivity contribution in [1.29, 1.82) is 0 Å². The van der Waals surface area contributed by atoms with Gasteiger partial charge in [0, 0.05) is 12.1 Å².